The van der Waals surface area contributed by atoms with Crippen molar-refractivity contribution >= 4 is 27.2 Å². The van der Waals surface area contributed by atoms with E-state index in [1.54, 1.807) is 11.3 Å². The molecular weight excluding hydrogens is 326 g/mol. The number of rotatable bonds is 3. The summed E-state index contributed by atoms with van der Waals surface area (Å²) in [6.45, 7) is 0.709. The summed E-state index contributed by atoms with van der Waals surface area (Å²) < 4.78 is 10.7. The third kappa shape index (κ3) is 2.16. The minimum absolute atomic E-state index is 0.0260. The van der Waals surface area contributed by atoms with Gasteiger partial charge in [0.25, 0.3) is 5.56 Å². The van der Waals surface area contributed by atoms with Crippen molar-refractivity contribution in [1.82, 2.24) is 9.97 Å². The molecule has 0 radical (unpaired) electrons. The molecule has 2 aliphatic rings. The van der Waals surface area contributed by atoms with Crippen molar-refractivity contribution in [1.29, 1.82) is 0 Å². The Labute approximate surface area is 141 Å². The van der Waals surface area contributed by atoms with E-state index in [0.29, 0.717) is 12.4 Å². The molecule has 0 amide bonds. The number of aromatic amines is 1. The fraction of sp³-hybridized carbons (Fsp3) is 0.294. The number of ether oxygens (including phenoxy) is 2. The molecule has 0 saturated carbocycles. The number of nitrogens with zero attached hydrogens (tertiary/aromatic N) is 1. The lowest BCUT2D eigenvalue weighted by Crippen LogP contribution is -2.14. The van der Waals surface area contributed by atoms with Crippen molar-refractivity contribution in [2.45, 2.75) is 25.8 Å². The van der Waals surface area contributed by atoms with Gasteiger partial charge in [0.2, 0.25) is 6.79 Å². The molecule has 2 aromatic heterocycles. The number of benzene rings is 1. The first-order valence-electron chi connectivity index (χ1n) is 7.95. The molecule has 122 valence electrons. The van der Waals surface area contributed by atoms with Crippen LogP contribution in [-0.4, -0.2) is 16.8 Å². The Balaban J connectivity index is 1.42. The third-order valence-electron chi connectivity index (χ3n) is 4.46. The van der Waals surface area contributed by atoms with Gasteiger partial charge in [0.05, 0.1) is 11.9 Å². The highest BCUT2D eigenvalue weighted by Gasteiger charge is 2.21. The smallest absolute Gasteiger partial charge is 0.259 e. The van der Waals surface area contributed by atoms with Gasteiger partial charge in [-0.25, -0.2) is 4.98 Å². The molecule has 0 saturated heterocycles. The van der Waals surface area contributed by atoms with Gasteiger partial charge in [0.15, 0.2) is 11.5 Å². The zero-order valence-corrected chi connectivity index (χ0v) is 13.7. The van der Waals surface area contributed by atoms with Crippen molar-refractivity contribution in [2.75, 3.05) is 12.1 Å². The molecule has 3 aromatic rings. The molecule has 6 nitrogen and oxygen atoms in total. The molecular formula is C17H15N3O3S. The van der Waals surface area contributed by atoms with Crippen LogP contribution in [0.25, 0.3) is 10.2 Å². The number of aryl methyl sites for hydroxylation is 2. The predicted octanol–water partition coefficient (Wildman–Crippen LogP) is 2.81. The van der Waals surface area contributed by atoms with Crippen molar-refractivity contribution in [3.63, 3.8) is 0 Å². The number of anilines is 1. The molecule has 1 aromatic carbocycles. The number of nitrogens with one attached hydrogen (secondary N) is 2. The molecule has 7 heteroatoms. The van der Waals surface area contributed by atoms with Crippen LogP contribution in [0.2, 0.25) is 0 Å². The summed E-state index contributed by atoms with van der Waals surface area (Å²) in [7, 11) is 0. The van der Waals surface area contributed by atoms with Crippen LogP contribution in [0, 0.1) is 0 Å². The van der Waals surface area contributed by atoms with E-state index in [2.05, 4.69) is 15.3 Å². The summed E-state index contributed by atoms with van der Waals surface area (Å²) in [4.78, 5) is 22.1. The van der Waals surface area contributed by atoms with E-state index in [9.17, 15) is 4.79 Å². The normalized spacial score (nSPS) is 15.0. The lowest BCUT2D eigenvalue weighted by molar-refractivity contribution is 0.174. The van der Waals surface area contributed by atoms with Gasteiger partial charge in [-0.1, -0.05) is 0 Å². The van der Waals surface area contributed by atoms with Crippen molar-refractivity contribution < 1.29 is 9.47 Å². The summed E-state index contributed by atoms with van der Waals surface area (Å²) in [6, 6.07) is 5.68. The highest BCUT2D eigenvalue weighted by atomic mass is 32.1. The summed E-state index contributed by atoms with van der Waals surface area (Å²) in [5.41, 5.74) is 2.08. The lowest BCUT2D eigenvalue weighted by atomic mass is 10.2. The van der Waals surface area contributed by atoms with E-state index in [1.165, 1.54) is 10.4 Å². The van der Waals surface area contributed by atoms with Gasteiger partial charge in [-0.15, -0.1) is 11.3 Å². The SMILES string of the molecule is O=c1[nH]c(CNc2ccc3c(c2)OCO3)nc2sc3c(c12)CCC3. The molecule has 0 bridgehead atoms. The van der Waals surface area contributed by atoms with Gasteiger partial charge in [0, 0.05) is 16.6 Å². The van der Waals surface area contributed by atoms with Crippen LogP contribution in [0.5, 0.6) is 11.5 Å². The summed E-state index contributed by atoms with van der Waals surface area (Å²) >= 11 is 1.66. The Kier molecular flexibility index (Phi) is 3.02. The molecule has 3 heterocycles. The van der Waals surface area contributed by atoms with Gasteiger partial charge in [-0.3, -0.25) is 4.79 Å². The molecule has 0 fully saturated rings. The minimum atomic E-state index is -0.0260. The Hall–Kier alpha value is -2.54. The topological polar surface area (TPSA) is 76.2 Å². The predicted molar refractivity (Wildman–Crippen MR) is 92.2 cm³/mol. The number of hydrogen-bond donors (Lipinski definition) is 2. The third-order valence-corrected chi connectivity index (χ3v) is 5.64. The van der Waals surface area contributed by atoms with Crippen LogP contribution in [0.1, 0.15) is 22.7 Å². The lowest BCUT2D eigenvalue weighted by Gasteiger charge is -2.07. The van der Waals surface area contributed by atoms with E-state index in [1.807, 2.05) is 18.2 Å². The van der Waals surface area contributed by atoms with E-state index in [-0.39, 0.29) is 12.4 Å². The molecule has 0 spiro atoms. The average molecular weight is 341 g/mol. The number of thiophene rings is 1. The van der Waals surface area contributed by atoms with E-state index >= 15 is 0 Å². The number of hydrogen-bond acceptors (Lipinski definition) is 6. The van der Waals surface area contributed by atoms with Crippen molar-refractivity contribution in [3.8, 4) is 11.5 Å². The second-order valence-electron chi connectivity index (χ2n) is 5.97. The number of H-pyrrole nitrogens is 1. The van der Waals surface area contributed by atoms with Crippen LogP contribution in [0.15, 0.2) is 23.0 Å². The zero-order chi connectivity index (χ0) is 16.1. The monoisotopic (exact) mass is 341 g/mol. The van der Waals surface area contributed by atoms with Crippen molar-refractivity contribution in [3.05, 3.63) is 44.8 Å². The number of fused-ring (bicyclic) bond motifs is 4. The molecule has 0 atom stereocenters. The van der Waals surface area contributed by atoms with Gasteiger partial charge in [0.1, 0.15) is 10.7 Å². The minimum Gasteiger partial charge on any atom is -0.454 e. The van der Waals surface area contributed by atoms with Crippen LogP contribution >= 0.6 is 11.3 Å². The highest BCUT2D eigenvalue weighted by molar-refractivity contribution is 7.18. The number of aromatic nitrogens is 2. The first-order chi connectivity index (χ1) is 11.8. The Morgan fingerprint density at radius 3 is 3.12 bits per heavy atom. The Bertz CT molecular complexity index is 1010. The molecule has 2 N–H and O–H groups in total. The summed E-state index contributed by atoms with van der Waals surface area (Å²) in [5, 5.41) is 4.06. The van der Waals surface area contributed by atoms with Gasteiger partial charge in [-0.05, 0) is 37.0 Å². The van der Waals surface area contributed by atoms with E-state index in [0.717, 1.165) is 46.7 Å². The van der Waals surface area contributed by atoms with Gasteiger partial charge >= 0.3 is 0 Å². The Morgan fingerprint density at radius 1 is 1.25 bits per heavy atom. The zero-order valence-electron chi connectivity index (χ0n) is 12.8. The highest BCUT2D eigenvalue weighted by Crippen LogP contribution is 2.35. The second kappa shape index (κ2) is 5.24. The maximum Gasteiger partial charge on any atom is 0.259 e. The average Bonchev–Trinajstić information content (AvgIpc) is 3.27. The largest absolute Gasteiger partial charge is 0.454 e. The first kappa shape index (κ1) is 13.9. The van der Waals surface area contributed by atoms with Crippen LogP contribution in [0.3, 0.4) is 0 Å². The molecule has 24 heavy (non-hydrogen) atoms. The molecule has 0 unspecified atom stereocenters. The molecule has 1 aliphatic carbocycles. The Morgan fingerprint density at radius 2 is 2.17 bits per heavy atom. The fourth-order valence-electron chi connectivity index (χ4n) is 3.32. The van der Waals surface area contributed by atoms with Crippen molar-refractivity contribution in [2.24, 2.45) is 0 Å². The molecule has 5 rings (SSSR count). The maximum atomic E-state index is 12.4. The second-order valence-corrected chi connectivity index (χ2v) is 7.06. The first-order valence-corrected chi connectivity index (χ1v) is 8.76. The summed E-state index contributed by atoms with van der Waals surface area (Å²) in [6.07, 6.45) is 3.21. The van der Waals surface area contributed by atoms with E-state index < -0.39 is 0 Å². The quantitative estimate of drug-likeness (QED) is 0.766. The van der Waals surface area contributed by atoms with Crippen LogP contribution in [-0.2, 0) is 19.4 Å². The molecule has 1 aliphatic heterocycles. The summed E-state index contributed by atoms with van der Waals surface area (Å²) in [5.74, 6) is 2.12. The van der Waals surface area contributed by atoms with Gasteiger partial charge < -0.3 is 19.8 Å². The standard InChI is InChI=1S/C17H15N3O3S/c21-16-15-10-2-1-3-13(10)24-17(15)20-14(19-16)7-18-9-4-5-11-12(6-9)23-8-22-11/h4-6,18H,1-3,7-8H2,(H,19,20,21). The maximum absolute atomic E-state index is 12.4. The van der Waals surface area contributed by atoms with Crippen LogP contribution in [0.4, 0.5) is 5.69 Å². The fourth-order valence-corrected chi connectivity index (χ4v) is 4.60. The van der Waals surface area contributed by atoms with E-state index in [4.69, 9.17) is 9.47 Å². The van der Waals surface area contributed by atoms with Gasteiger partial charge in [-0.2, -0.15) is 0 Å². The van der Waals surface area contributed by atoms with Crippen LogP contribution < -0.4 is 20.3 Å².